The highest BCUT2D eigenvalue weighted by Gasteiger charge is 2.15. The molecule has 0 radical (unpaired) electrons. The van der Waals surface area contributed by atoms with Crippen molar-refractivity contribution in [2.45, 2.75) is 12.8 Å². The van der Waals surface area contributed by atoms with Gasteiger partial charge >= 0.3 is 0 Å². The molecule has 3 heterocycles. The Labute approximate surface area is 123 Å². The summed E-state index contributed by atoms with van der Waals surface area (Å²) >= 11 is 0. The molecule has 1 fully saturated rings. The van der Waals surface area contributed by atoms with Crippen molar-refractivity contribution in [3.05, 3.63) is 18.5 Å². The number of aromatic nitrogens is 5. The van der Waals surface area contributed by atoms with Gasteiger partial charge in [-0.2, -0.15) is 20.1 Å². The largest absolute Gasteiger partial charge is 0.381 e. The van der Waals surface area contributed by atoms with E-state index in [4.69, 9.17) is 4.74 Å². The number of nitrogens with one attached hydrogen (secondary N) is 2. The van der Waals surface area contributed by atoms with Gasteiger partial charge in [0.2, 0.25) is 11.9 Å². The lowest BCUT2D eigenvalue weighted by atomic mass is 10.1. The standard InChI is InChI=1S/C13H19N7O/c1-14-11-17-12(15-6-3-10-4-8-21-9-10)19-13(18-11)20-7-2-5-16-20/h2,5,7,10H,3-4,6,8-9H2,1H3,(H2,14,15,17,18,19). The van der Waals surface area contributed by atoms with Gasteiger partial charge in [0.15, 0.2) is 0 Å². The lowest BCUT2D eigenvalue weighted by molar-refractivity contribution is 0.185. The molecular weight excluding hydrogens is 270 g/mol. The van der Waals surface area contributed by atoms with E-state index >= 15 is 0 Å². The van der Waals surface area contributed by atoms with E-state index in [1.165, 1.54) is 0 Å². The highest BCUT2D eigenvalue weighted by Crippen LogP contribution is 2.16. The summed E-state index contributed by atoms with van der Waals surface area (Å²) in [5.41, 5.74) is 0. The molecule has 21 heavy (non-hydrogen) atoms. The number of nitrogens with zero attached hydrogens (tertiary/aromatic N) is 5. The van der Waals surface area contributed by atoms with Gasteiger partial charge in [-0.15, -0.1) is 0 Å². The summed E-state index contributed by atoms with van der Waals surface area (Å²) in [7, 11) is 1.78. The first-order valence-corrected chi connectivity index (χ1v) is 7.10. The van der Waals surface area contributed by atoms with Crippen LogP contribution in [0.15, 0.2) is 18.5 Å². The van der Waals surface area contributed by atoms with Gasteiger partial charge in [0.1, 0.15) is 0 Å². The Hall–Kier alpha value is -2.22. The van der Waals surface area contributed by atoms with Crippen LogP contribution in [0, 0.1) is 5.92 Å². The maximum Gasteiger partial charge on any atom is 0.257 e. The maximum atomic E-state index is 5.37. The number of rotatable bonds is 6. The number of anilines is 2. The van der Waals surface area contributed by atoms with Gasteiger partial charge in [0.25, 0.3) is 5.95 Å². The molecule has 1 saturated heterocycles. The van der Waals surface area contributed by atoms with Crippen molar-refractivity contribution in [3.63, 3.8) is 0 Å². The zero-order valence-electron chi connectivity index (χ0n) is 12.0. The van der Waals surface area contributed by atoms with Crippen LogP contribution >= 0.6 is 0 Å². The van der Waals surface area contributed by atoms with E-state index in [2.05, 4.69) is 30.7 Å². The first kappa shape index (κ1) is 13.7. The molecule has 0 saturated carbocycles. The summed E-state index contributed by atoms with van der Waals surface area (Å²) in [6.45, 7) is 2.56. The Bertz CT molecular complexity index is 566. The molecule has 1 unspecified atom stereocenters. The van der Waals surface area contributed by atoms with Gasteiger partial charge in [-0.3, -0.25) is 0 Å². The Morgan fingerprint density at radius 1 is 1.33 bits per heavy atom. The first-order chi connectivity index (χ1) is 10.3. The molecule has 112 valence electrons. The third-order valence-corrected chi connectivity index (χ3v) is 3.42. The van der Waals surface area contributed by atoms with Crippen LogP contribution in [0.3, 0.4) is 0 Å². The Morgan fingerprint density at radius 3 is 2.95 bits per heavy atom. The average Bonchev–Trinajstić information content (AvgIpc) is 3.20. The molecule has 2 aromatic rings. The van der Waals surface area contributed by atoms with Gasteiger partial charge in [0, 0.05) is 39.2 Å². The van der Waals surface area contributed by atoms with Gasteiger partial charge in [-0.1, -0.05) is 0 Å². The van der Waals surface area contributed by atoms with E-state index < -0.39 is 0 Å². The van der Waals surface area contributed by atoms with E-state index in [0.29, 0.717) is 23.8 Å². The molecule has 2 aromatic heterocycles. The molecule has 1 aliphatic rings. The van der Waals surface area contributed by atoms with Crippen LogP contribution in [-0.4, -0.2) is 51.5 Å². The van der Waals surface area contributed by atoms with E-state index in [1.54, 1.807) is 24.1 Å². The van der Waals surface area contributed by atoms with Gasteiger partial charge < -0.3 is 15.4 Å². The van der Waals surface area contributed by atoms with Gasteiger partial charge in [-0.05, 0) is 24.8 Å². The minimum absolute atomic E-state index is 0.492. The fraction of sp³-hybridized carbons (Fsp3) is 0.538. The summed E-state index contributed by atoms with van der Waals surface area (Å²) in [6, 6.07) is 1.83. The quantitative estimate of drug-likeness (QED) is 0.817. The lowest BCUT2D eigenvalue weighted by Crippen LogP contribution is -2.14. The van der Waals surface area contributed by atoms with Crippen molar-refractivity contribution in [1.29, 1.82) is 0 Å². The number of hydrogen-bond donors (Lipinski definition) is 2. The zero-order chi connectivity index (χ0) is 14.5. The zero-order valence-corrected chi connectivity index (χ0v) is 12.0. The number of ether oxygens (including phenoxy) is 1. The molecule has 1 aliphatic heterocycles. The molecule has 0 bridgehead atoms. The third kappa shape index (κ3) is 3.46. The van der Waals surface area contributed by atoms with Crippen LogP contribution in [0.2, 0.25) is 0 Å². The molecule has 8 nitrogen and oxygen atoms in total. The average molecular weight is 289 g/mol. The Kier molecular flexibility index (Phi) is 4.25. The Morgan fingerprint density at radius 2 is 2.24 bits per heavy atom. The molecular formula is C13H19N7O. The monoisotopic (exact) mass is 289 g/mol. The van der Waals surface area contributed by atoms with Gasteiger partial charge in [-0.25, -0.2) is 4.68 Å². The molecule has 3 rings (SSSR count). The van der Waals surface area contributed by atoms with Crippen LogP contribution in [0.4, 0.5) is 11.9 Å². The normalized spacial score (nSPS) is 17.9. The maximum absolute atomic E-state index is 5.37. The summed E-state index contributed by atoms with van der Waals surface area (Å²) in [6.07, 6.45) is 5.68. The van der Waals surface area contributed by atoms with E-state index in [9.17, 15) is 0 Å². The number of hydrogen-bond acceptors (Lipinski definition) is 7. The van der Waals surface area contributed by atoms with Crippen LogP contribution in [0.25, 0.3) is 5.95 Å². The van der Waals surface area contributed by atoms with Crippen molar-refractivity contribution in [2.75, 3.05) is 37.4 Å². The van der Waals surface area contributed by atoms with Crippen molar-refractivity contribution in [1.82, 2.24) is 24.7 Å². The first-order valence-electron chi connectivity index (χ1n) is 7.10. The van der Waals surface area contributed by atoms with Gasteiger partial charge in [0.05, 0.1) is 0 Å². The van der Waals surface area contributed by atoms with Crippen molar-refractivity contribution in [3.8, 4) is 5.95 Å². The highest BCUT2D eigenvalue weighted by atomic mass is 16.5. The van der Waals surface area contributed by atoms with Crippen LogP contribution in [-0.2, 0) is 4.74 Å². The smallest absolute Gasteiger partial charge is 0.257 e. The predicted molar refractivity (Wildman–Crippen MR) is 78.5 cm³/mol. The Balaban J connectivity index is 1.67. The van der Waals surface area contributed by atoms with E-state index in [0.717, 1.165) is 32.6 Å². The second kappa shape index (κ2) is 6.49. The second-order valence-corrected chi connectivity index (χ2v) is 4.93. The van der Waals surface area contributed by atoms with E-state index in [1.807, 2.05) is 6.07 Å². The summed E-state index contributed by atoms with van der Waals surface area (Å²) in [5.74, 6) is 2.20. The molecule has 2 N–H and O–H groups in total. The van der Waals surface area contributed by atoms with Crippen LogP contribution < -0.4 is 10.6 Å². The summed E-state index contributed by atoms with van der Waals surface area (Å²) in [5, 5.41) is 10.3. The predicted octanol–water partition coefficient (Wildman–Crippen LogP) is 0.937. The molecule has 8 heteroatoms. The van der Waals surface area contributed by atoms with Crippen molar-refractivity contribution in [2.24, 2.45) is 5.92 Å². The minimum atomic E-state index is 0.492. The van der Waals surface area contributed by atoms with Crippen molar-refractivity contribution < 1.29 is 4.74 Å². The minimum Gasteiger partial charge on any atom is -0.381 e. The summed E-state index contributed by atoms with van der Waals surface area (Å²) < 4.78 is 6.98. The molecule has 0 aliphatic carbocycles. The molecule has 0 amide bonds. The van der Waals surface area contributed by atoms with E-state index in [-0.39, 0.29) is 0 Å². The topological polar surface area (TPSA) is 89.8 Å². The molecule has 0 aromatic carbocycles. The molecule has 0 spiro atoms. The third-order valence-electron chi connectivity index (χ3n) is 3.42. The molecule has 1 atom stereocenters. The van der Waals surface area contributed by atoms with Crippen LogP contribution in [0.5, 0.6) is 0 Å². The van der Waals surface area contributed by atoms with Crippen molar-refractivity contribution >= 4 is 11.9 Å². The van der Waals surface area contributed by atoms with Crippen LogP contribution in [0.1, 0.15) is 12.8 Å². The SMILES string of the molecule is CNc1nc(NCCC2CCOC2)nc(-n2cccn2)n1. The fourth-order valence-electron chi connectivity index (χ4n) is 2.24. The lowest BCUT2D eigenvalue weighted by Gasteiger charge is -2.10. The summed E-state index contributed by atoms with van der Waals surface area (Å²) in [4.78, 5) is 13.0. The second-order valence-electron chi connectivity index (χ2n) is 4.93. The highest BCUT2D eigenvalue weighted by molar-refractivity contribution is 5.37. The fourth-order valence-corrected chi connectivity index (χ4v) is 2.24.